The van der Waals surface area contributed by atoms with E-state index in [1.165, 1.54) is 18.2 Å². The molecule has 0 spiro atoms. The first-order valence-corrected chi connectivity index (χ1v) is 8.47. The maximum Gasteiger partial charge on any atom is 0.418 e. The van der Waals surface area contributed by atoms with Crippen molar-refractivity contribution in [1.82, 2.24) is 0 Å². The highest BCUT2D eigenvalue weighted by Crippen LogP contribution is 2.36. The molecule has 8 heteroatoms. The summed E-state index contributed by atoms with van der Waals surface area (Å²) in [4.78, 5) is 25.1. The molecule has 0 fully saturated rings. The summed E-state index contributed by atoms with van der Waals surface area (Å²) in [6, 6.07) is 9.77. The number of hydrogen-bond donors (Lipinski definition) is 1. The highest BCUT2D eigenvalue weighted by Gasteiger charge is 2.35. The van der Waals surface area contributed by atoms with E-state index in [0.29, 0.717) is 10.7 Å². The van der Waals surface area contributed by atoms with Gasteiger partial charge in [-0.15, -0.1) is 0 Å². The monoisotopic (exact) mass is 398 g/mol. The van der Waals surface area contributed by atoms with Crippen molar-refractivity contribution < 1.29 is 22.8 Å². The third-order valence-electron chi connectivity index (χ3n) is 3.92. The quantitative estimate of drug-likeness (QED) is 0.766. The summed E-state index contributed by atoms with van der Waals surface area (Å²) in [6.45, 7) is 2.76. The molecule has 0 bridgehead atoms. The van der Waals surface area contributed by atoms with Crippen molar-refractivity contribution in [2.45, 2.75) is 26.4 Å². The van der Waals surface area contributed by atoms with Crippen LogP contribution in [0, 0.1) is 6.92 Å². The maximum absolute atomic E-state index is 13.2. The van der Waals surface area contributed by atoms with E-state index in [2.05, 4.69) is 5.32 Å². The molecule has 0 atom stereocenters. The van der Waals surface area contributed by atoms with E-state index in [9.17, 15) is 22.8 Å². The number of halogens is 4. The molecule has 0 aliphatic heterocycles. The van der Waals surface area contributed by atoms with Crippen molar-refractivity contribution in [3.8, 4) is 0 Å². The molecule has 0 aromatic heterocycles. The van der Waals surface area contributed by atoms with E-state index in [0.717, 1.165) is 23.5 Å². The van der Waals surface area contributed by atoms with Crippen molar-refractivity contribution in [2.24, 2.45) is 0 Å². The van der Waals surface area contributed by atoms with Gasteiger partial charge in [0.1, 0.15) is 0 Å². The largest absolute Gasteiger partial charge is 0.418 e. The highest BCUT2D eigenvalue weighted by atomic mass is 35.5. The van der Waals surface area contributed by atoms with Gasteiger partial charge in [0.15, 0.2) is 0 Å². The van der Waals surface area contributed by atoms with Crippen LogP contribution in [0.2, 0.25) is 5.02 Å². The topological polar surface area (TPSA) is 49.4 Å². The molecule has 2 amide bonds. The SMILES string of the molecule is CC(=O)N(CCC(=O)Nc1cc(Cl)ccc1C)c1ccccc1C(F)(F)F. The Morgan fingerprint density at radius 3 is 2.44 bits per heavy atom. The fraction of sp³-hybridized carbons (Fsp3) is 0.263. The number of benzene rings is 2. The van der Waals surface area contributed by atoms with Gasteiger partial charge in [0.2, 0.25) is 11.8 Å². The van der Waals surface area contributed by atoms with Crippen LogP contribution in [0.5, 0.6) is 0 Å². The minimum absolute atomic E-state index is 0.169. The number of nitrogens with zero attached hydrogens (tertiary/aromatic N) is 1. The van der Waals surface area contributed by atoms with E-state index in [1.54, 1.807) is 25.1 Å². The molecule has 1 N–H and O–H groups in total. The average molecular weight is 399 g/mol. The first kappa shape index (κ1) is 20.8. The second-order valence-electron chi connectivity index (χ2n) is 5.94. The number of para-hydroxylation sites is 1. The molecular formula is C19H18ClF3N2O2. The van der Waals surface area contributed by atoms with Crippen LogP contribution < -0.4 is 10.2 Å². The molecule has 0 saturated heterocycles. The number of rotatable bonds is 5. The summed E-state index contributed by atoms with van der Waals surface area (Å²) >= 11 is 5.90. The smallest absolute Gasteiger partial charge is 0.326 e. The van der Waals surface area contributed by atoms with E-state index >= 15 is 0 Å². The van der Waals surface area contributed by atoms with Crippen LogP contribution in [0.15, 0.2) is 42.5 Å². The third kappa shape index (κ3) is 5.47. The molecule has 0 saturated carbocycles. The van der Waals surface area contributed by atoms with Gasteiger partial charge in [0, 0.05) is 30.6 Å². The predicted octanol–water partition coefficient (Wildman–Crippen LogP) is 5.05. The lowest BCUT2D eigenvalue weighted by molar-refractivity contribution is -0.137. The summed E-state index contributed by atoms with van der Waals surface area (Å²) in [5.74, 6) is -1.02. The summed E-state index contributed by atoms with van der Waals surface area (Å²) < 4.78 is 39.6. The van der Waals surface area contributed by atoms with Gasteiger partial charge >= 0.3 is 6.18 Å². The molecule has 2 rings (SSSR count). The molecule has 0 aliphatic carbocycles. The number of alkyl halides is 3. The van der Waals surface area contributed by atoms with E-state index in [1.807, 2.05) is 0 Å². The third-order valence-corrected chi connectivity index (χ3v) is 4.15. The average Bonchev–Trinajstić information content (AvgIpc) is 2.57. The molecule has 0 unspecified atom stereocenters. The number of carbonyl (C=O) groups is 2. The Bertz CT molecular complexity index is 853. The second kappa shape index (κ2) is 8.43. The van der Waals surface area contributed by atoms with Crippen LogP contribution in [0.25, 0.3) is 0 Å². The number of aryl methyl sites for hydroxylation is 1. The van der Waals surface area contributed by atoms with Gasteiger partial charge < -0.3 is 10.2 Å². The Morgan fingerprint density at radius 2 is 1.81 bits per heavy atom. The van der Waals surface area contributed by atoms with Crippen LogP contribution in [0.4, 0.5) is 24.5 Å². The fourth-order valence-corrected chi connectivity index (χ4v) is 2.72. The van der Waals surface area contributed by atoms with Gasteiger partial charge in [-0.25, -0.2) is 0 Å². The molecule has 27 heavy (non-hydrogen) atoms. The van der Waals surface area contributed by atoms with Crippen molar-refractivity contribution in [2.75, 3.05) is 16.8 Å². The number of amides is 2. The van der Waals surface area contributed by atoms with Gasteiger partial charge in [-0.3, -0.25) is 9.59 Å². The normalized spacial score (nSPS) is 11.2. The van der Waals surface area contributed by atoms with Crippen molar-refractivity contribution >= 4 is 34.8 Å². The van der Waals surface area contributed by atoms with E-state index in [-0.39, 0.29) is 18.7 Å². The summed E-state index contributed by atoms with van der Waals surface area (Å²) in [7, 11) is 0. The second-order valence-corrected chi connectivity index (χ2v) is 6.38. The Balaban J connectivity index is 2.15. The van der Waals surface area contributed by atoms with Crippen LogP contribution in [-0.2, 0) is 15.8 Å². The molecule has 0 radical (unpaired) electrons. The standard InChI is InChI=1S/C19H18ClF3N2O2/c1-12-7-8-14(20)11-16(12)24-18(27)9-10-25(13(2)26)17-6-4-3-5-15(17)19(21,22)23/h3-8,11H,9-10H2,1-2H3,(H,24,27). The number of anilines is 2. The zero-order chi connectivity index (χ0) is 20.2. The zero-order valence-corrected chi connectivity index (χ0v) is 15.5. The van der Waals surface area contributed by atoms with Crippen LogP contribution >= 0.6 is 11.6 Å². The number of nitrogens with one attached hydrogen (secondary N) is 1. The lowest BCUT2D eigenvalue weighted by Gasteiger charge is -2.24. The lowest BCUT2D eigenvalue weighted by Crippen LogP contribution is -2.33. The molecule has 0 aliphatic rings. The van der Waals surface area contributed by atoms with Crippen molar-refractivity contribution in [3.05, 3.63) is 58.6 Å². The van der Waals surface area contributed by atoms with E-state index in [4.69, 9.17) is 11.6 Å². The van der Waals surface area contributed by atoms with E-state index < -0.39 is 23.6 Å². The summed E-state index contributed by atoms with van der Waals surface area (Å²) in [5, 5.41) is 3.10. The Morgan fingerprint density at radius 1 is 1.15 bits per heavy atom. The summed E-state index contributed by atoms with van der Waals surface area (Å²) in [6.07, 6.45) is -4.78. The lowest BCUT2D eigenvalue weighted by atomic mass is 10.1. The van der Waals surface area contributed by atoms with Crippen LogP contribution in [-0.4, -0.2) is 18.4 Å². The number of carbonyl (C=O) groups excluding carboxylic acids is 2. The fourth-order valence-electron chi connectivity index (χ4n) is 2.55. The molecule has 144 valence electrons. The maximum atomic E-state index is 13.2. The minimum atomic E-state index is -4.61. The Labute approximate surface area is 159 Å². The minimum Gasteiger partial charge on any atom is -0.326 e. The Kier molecular flexibility index (Phi) is 6.49. The van der Waals surface area contributed by atoms with Crippen LogP contribution in [0.3, 0.4) is 0 Å². The van der Waals surface area contributed by atoms with Gasteiger partial charge in [-0.05, 0) is 36.8 Å². The van der Waals surface area contributed by atoms with Gasteiger partial charge in [-0.1, -0.05) is 29.8 Å². The molecular weight excluding hydrogens is 381 g/mol. The first-order chi connectivity index (χ1) is 12.6. The van der Waals surface area contributed by atoms with Crippen molar-refractivity contribution in [1.29, 1.82) is 0 Å². The first-order valence-electron chi connectivity index (χ1n) is 8.10. The van der Waals surface area contributed by atoms with Gasteiger partial charge in [-0.2, -0.15) is 13.2 Å². The predicted molar refractivity (Wildman–Crippen MR) is 98.9 cm³/mol. The molecule has 4 nitrogen and oxygen atoms in total. The molecule has 2 aromatic rings. The van der Waals surface area contributed by atoms with Gasteiger partial charge in [0.25, 0.3) is 0 Å². The molecule has 2 aromatic carbocycles. The number of hydrogen-bond acceptors (Lipinski definition) is 2. The Hall–Kier alpha value is -2.54. The van der Waals surface area contributed by atoms with Gasteiger partial charge in [0.05, 0.1) is 11.3 Å². The summed E-state index contributed by atoms with van der Waals surface area (Å²) in [5.41, 5.74) is 0.103. The highest BCUT2D eigenvalue weighted by molar-refractivity contribution is 6.31. The zero-order valence-electron chi connectivity index (χ0n) is 14.7. The molecule has 0 heterocycles. The van der Waals surface area contributed by atoms with Crippen LogP contribution in [0.1, 0.15) is 24.5 Å². The van der Waals surface area contributed by atoms with Crippen molar-refractivity contribution in [3.63, 3.8) is 0 Å².